The number of aliphatic imine (C=N–C) groups is 1. The number of hydrogen-bond donors (Lipinski definition) is 1. The maximum absolute atomic E-state index is 13.7. The van der Waals surface area contributed by atoms with Crippen molar-refractivity contribution in [2.75, 3.05) is 5.32 Å². The number of rotatable bonds is 5. The topological polar surface area (TPSA) is 54.6 Å². The highest BCUT2D eigenvalue weighted by atomic mass is 35.5. The van der Waals surface area contributed by atoms with Crippen LogP contribution in [-0.4, -0.2) is 12.1 Å². The van der Waals surface area contributed by atoms with Gasteiger partial charge in [0.25, 0.3) is 5.91 Å². The van der Waals surface area contributed by atoms with Gasteiger partial charge in [-0.25, -0.2) is 4.99 Å². The molecule has 2 aromatic carbocycles. The van der Waals surface area contributed by atoms with Crippen molar-refractivity contribution in [1.29, 1.82) is 0 Å². The molecule has 1 aliphatic carbocycles. The van der Waals surface area contributed by atoms with Crippen LogP contribution in [0.25, 0.3) is 11.3 Å². The molecule has 4 nitrogen and oxygen atoms in total. The Bertz CT molecular complexity index is 1480. The van der Waals surface area contributed by atoms with E-state index < -0.39 is 0 Å². The third kappa shape index (κ3) is 5.85. The van der Waals surface area contributed by atoms with E-state index in [0.29, 0.717) is 27.1 Å². The van der Waals surface area contributed by atoms with Gasteiger partial charge in [-0.2, -0.15) is 0 Å². The molecule has 37 heavy (non-hydrogen) atoms. The van der Waals surface area contributed by atoms with E-state index in [2.05, 4.69) is 11.4 Å². The van der Waals surface area contributed by atoms with Crippen molar-refractivity contribution in [1.82, 2.24) is 0 Å². The van der Waals surface area contributed by atoms with Gasteiger partial charge in [0, 0.05) is 21.2 Å². The monoisotopic (exact) mass is 550 g/mol. The summed E-state index contributed by atoms with van der Waals surface area (Å²) < 4.78 is 6.01. The summed E-state index contributed by atoms with van der Waals surface area (Å²) in [6.45, 7) is 4.04. The van der Waals surface area contributed by atoms with E-state index in [9.17, 15) is 4.79 Å². The van der Waals surface area contributed by atoms with E-state index in [1.807, 2.05) is 44.2 Å². The van der Waals surface area contributed by atoms with Crippen LogP contribution in [0.5, 0.6) is 0 Å². The average Bonchev–Trinajstić information content (AvgIpc) is 3.44. The third-order valence-electron chi connectivity index (χ3n) is 6.65. The van der Waals surface area contributed by atoms with Crippen molar-refractivity contribution < 1.29 is 9.21 Å². The highest BCUT2D eigenvalue weighted by Gasteiger charge is 2.24. The number of amides is 1. The van der Waals surface area contributed by atoms with Gasteiger partial charge in [-0.3, -0.25) is 4.79 Å². The Kier molecular flexibility index (Phi) is 7.84. The van der Waals surface area contributed by atoms with Gasteiger partial charge in [-0.15, -0.1) is 11.3 Å². The molecule has 5 rings (SSSR count). The lowest BCUT2D eigenvalue weighted by Crippen LogP contribution is -2.15. The first kappa shape index (κ1) is 25.8. The molecular weight excluding hydrogens is 523 g/mol. The molecule has 0 bridgehead atoms. The van der Waals surface area contributed by atoms with Gasteiger partial charge in [0.05, 0.1) is 16.8 Å². The zero-order chi connectivity index (χ0) is 25.9. The van der Waals surface area contributed by atoms with E-state index in [1.165, 1.54) is 17.7 Å². The van der Waals surface area contributed by atoms with Gasteiger partial charge in [0.2, 0.25) is 0 Å². The molecule has 1 amide bonds. The third-order valence-corrected chi connectivity index (χ3v) is 8.40. The fourth-order valence-corrected chi connectivity index (χ4v) is 6.40. The van der Waals surface area contributed by atoms with Crippen molar-refractivity contribution in [2.45, 2.75) is 52.4 Å². The number of anilines is 1. The Balaban J connectivity index is 1.48. The molecule has 4 aromatic rings. The van der Waals surface area contributed by atoms with Crippen LogP contribution in [0.3, 0.4) is 0 Å². The average molecular weight is 552 g/mol. The number of carbonyl (C=O) groups is 1. The number of furan rings is 1. The molecule has 0 spiro atoms. The number of benzene rings is 2. The quantitative estimate of drug-likeness (QED) is 0.251. The minimum Gasteiger partial charge on any atom is -0.455 e. The number of thiophene rings is 1. The summed E-state index contributed by atoms with van der Waals surface area (Å²) in [6.07, 6.45) is 8.20. The second-order valence-corrected chi connectivity index (χ2v) is 11.4. The van der Waals surface area contributed by atoms with Crippen LogP contribution >= 0.6 is 34.5 Å². The molecule has 1 aliphatic rings. The Morgan fingerprint density at radius 2 is 1.81 bits per heavy atom. The van der Waals surface area contributed by atoms with E-state index in [-0.39, 0.29) is 5.91 Å². The number of fused-ring (bicyclic) bond motifs is 1. The largest absolute Gasteiger partial charge is 0.455 e. The van der Waals surface area contributed by atoms with Gasteiger partial charge >= 0.3 is 0 Å². The predicted octanol–water partition coefficient (Wildman–Crippen LogP) is 9.59. The summed E-state index contributed by atoms with van der Waals surface area (Å²) in [6, 6.07) is 15.1. The first-order chi connectivity index (χ1) is 17.9. The number of aryl methyl sites for hydroxylation is 3. The van der Waals surface area contributed by atoms with Crippen molar-refractivity contribution in [2.24, 2.45) is 4.99 Å². The van der Waals surface area contributed by atoms with Crippen LogP contribution in [0, 0.1) is 13.8 Å². The van der Waals surface area contributed by atoms with E-state index in [4.69, 9.17) is 32.6 Å². The van der Waals surface area contributed by atoms with Crippen LogP contribution < -0.4 is 5.32 Å². The fraction of sp³-hybridized carbons (Fsp3) is 0.267. The van der Waals surface area contributed by atoms with Crippen LogP contribution in [0.1, 0.15) is 63.4 Å². The van der Waals surface area contributed by atoms with E-state index in [0.717, 1.165) is 58.6 Å². The minimum absolute atomic E-state index is 0.105. The molecule has 0 saturated carbocycles. The molecule has 7 heteroatoms. The van der Waals surface area contributed by atoms with E-state index in [1.54, 1.807) is 29.7 Å². The Morgan fingerprint density at radius 1 is 1.00 bits per heavy atom. The van der Waals surface area contributed by atoms with Crippen LogP contribution in [0.4, 0.5) is 10.7 Å². The lowest BCUT2D eigenvalue weighted by atomic mass is 9.96. The lowest BCUT2D eigenvalue weighted by molar-refractivity contribution is 0.102. The minimum atomic E-state index is -0.105. The maximum atomic E-state index is 13.7. The summed E-state index contributed by atoms with van der Waals surface area (Å²) in [5.74, 6) is 1.11. The second-order valence-electron chi connectivity index (χ2n) is 9.46. The fourth-order valence-electron chi connectivity index (χ4n) is 4.66. The van der Waals surface area contributed by atoms with Crippen molar-refractivity contribution in [3.63, 3.8) is 0 Å². The second kappa shape index (κ2) is 11.3. The Hall–Kier alpha value is -2.86. The molecule has 0 saturated heterocycles. The predicted molar refractivity (Wildman–Crippen MR) is 155 cm³/mol. The van der Waals surface area contributed by atoms with Gasteiger partial charge < -0.3 is 9.73 Å². The molecule has 190 valence electrons. The van der Waals surface area contributed by atoms with Crippen LogP contribution in [-0.2, 0) is 12.8 Å². The SMILES string of the molecule is Cc1ccc(C)c(NC(=O)c2c(N=Cc3ccc(-c4ccc(Cl)cc4Cl)o3)sc3c2CCCCCC3)c1. The van der Waals surface area contributed by atoms with Crippen molar-refractivity contribution in [3.05, 3.63) is 91.5 Å². The standard InChI is InChI=1S/C30H28Cl2N2O2S/c1-18-9-10-19(2)25(15-18)34-29(35)28-23-7-5-3-4-6-8-27(23)37-30(28)33-17-21-12-14-26(36-21)22-13-11-20(31)16-24(22)32/h9-17H,3-8H2,1-2H3,(H,34,35). The maximum Gasteiger partial charge on any atom is 0.259 e. The van der Waals surface area contributed by atoms with Gasteiger partial charge in [0.15, 0.2) is 0 Å². The van der Waals surface area contributed by atoms with E-state index >= 15 is 0 Å². The summed E-state index contributed by atoms with van der Waals surface area (Å²) in [7, 11) is 0. The molecule has 0 atom stereocenters. The smallest absolute Gasteiger partial charge is 0.259 e. The van der Waals surface area contributed by atoms with Crippen molar-refractivity contribution in [3.8, 4) is 11.3 Å². The number of halogens is 2. The summed E-state index contributed by atoms with van der Waals surface area (Å²) in [4.78, 5) is 19.7. The summed E-state index contributed by atoms with van der Waals surface area (Å²) >= 11 is 14.0. The number of nitrogens with one attached hydrogen (secondary N) is 1. The zero-order valence-corrected chi connectivity index (χ0v) is 23.2. The number of nitrogens with zero attached hydrogens (tertiary/aromatic N) is 1. The molecule has 2 heterocycles. The first-order valence-corrected chi connectivity index (χ1v) is 14.1. The normalized spacial score (nSPS) is 13.8. The highest BCUT2D eigenvalue weighted by molar-refractivity contribution is 7.16. The lowest BCUT2D eigenvalue weighted by Gasteiger charge is -2.13. The van der Waals surface area contributed by atoms with Crippen LogP contribution in [0.2, 0.25) is 10.0 Å². The van der Waals surface area contributed by atoms with Gasteiger partial charge in [0.1, 0.15) is 16.5 Å². The summed E-state index contributed by atoms with van der Waals surface area (Å²) in [5.41, 5.74) is 5.57. The zero-order valence-electron chi connectivity index (χ0n) is 20.9. The Labute approximate surface area is 231 Å². The van der Waals surface area contributed by atoms with Gasteiger partial charge in [-0.1, -0.05) is 48.2 Å². The first-order valence-electron chi connectivity index (χ1n) is 12.5. The van der Waals surface area contributed by atoms with Gasteiger partial charge in [-0.05, 0) is 92.6 Å². The molecule has 0 radical (unpaired) electrons. The molecule has 0 fully saturated rings. The molecule has 0 unspecified atom stereocenters. The van der Waals surface area contributed by atoms with Crippen LogP contribution in [0.15, 0.2) is 57.9 Å². The molecule has 0 aliphatic heterocycles. The molecule has 2 aromatic heterocycles. The van der Waals surface area contributed by atoms with Crippen molar-refractivity contribution >= 4 is 57.3 Å². The Morgan fingerprint density at radius 3 is 2.62 bits per heavy atom. The number of carbonyl (C=O) groups excluding carboxylic acids is 1. The summed E-state index contributed by atoms with van der Waals surface area (Å²) in [5, 5.41) is 4.97. The molecule has 1 N–H and O–H groups in total. The number of hydrogen-bond acceptors (Lipinski definition) is 4. The molecular formula is C30H28Cl2N2O2S. The highest BCUT2D eigenvalue weighted by Crippen LogP contribution is 2.40.